The van der Waals surface area contributed by atoms with E-state index in [1.54, 1.807) is 0 Å². The molecule has 13 heteroatoms. The molecule has 5 aliphatic carbocycles. The van der Waals surface area contributed by atoms with E-state index < -0.39 is 47.3 Å². The average molecular weight is 717 g/mol. The molecule has 5 saturated carbocycles. The van der Waals surface area contributed by atoms with Gasteiger partial charge in [0, 0.05) is 41.9 Å². The predicted molar refractivity (Wildman–Crippen MR) is 187 cm³/mol. The lowest BCUT2D eigenvalue weighted by atomic mass is 9.54. The van der Waals surface area contributed by atoms with E-state index in [-0.39, 0.29) is 59.9 Å². The molecule has 5 fully saturated rings. The lowest BCUT2D eigenvalue weighted by molar-refractivity contribution is -0.180. The number of rotatable bonds is 12. The van der Waals surface area contributed by atoms with Crippen LogP contribution in [-0.4, -0.2) is 89.1 Å². The Labute approximate surface area is 301 Å². The van der Waals surface area contributed by atoms with E-state index in [0.29, 0.717) is 24.8 Å². The Morgan fingerprint density at radius 3 is 1.39 bits per heavy atom. The summed E-state index contributed by atoms with van der Waals surface area (Å²) in [5, 5.41) is 32.0. The van der Waals surface area contributed by atoms with Gasteiger partial charge in [-0.15, -0.1) is 0 Å². The molecule has 0 heterocycles. The summed E-state index contributed by atoms with van der Waals surface area (Å²) in [7, 11) is 1.99. The third-order valence-corrected chi connectivity index (χ3v) is 13.2. The molecule has 5 rings (SSSR count). The van der Waals surface area contributed by atoms with Gasteiger partial charge in [-0.2, -0.15) is 0 Å². The van der Waals surface area contributed by atoms with Gasteiger partial charge in [-0.1, -0.05) is 13.8 Å². The Bertz CT molecular complexity index is 1270. The second kappa shape index (κ2) is 17.2. The molecule has 0 radical (unpaired) electrons. The molecule has 0 aromatic rings. The molecule has 0 aromatic carbocycles. The van der Waals surface area contributed by atoms with Crippen LogP contribution in [0.1, 0.15) is 111 Å². The van der Waals surface area contributed by atoms with Crippen LogP contribution in [0.25, 0.3) is 0 Å². The first-order chi connectivity index (χ1) is 24.3. The van der Waals surface area contributed by atoms with Crippen LogP contribution >= 0.6 is 0 Å². The normalized spacial score (nSPS) is 39.8. The SMILES string of the molecule is CNC1CCC(C)C(NC(=O)C2CCC(OC3CCC(C(=O)NC4CC(NC(=O)C5C(C(C)=O)C(C(=O)O)C5C(=O)O)CCC4C)CC3)CC2)C1. The van der Waals surface area contributed by atoms with Crippen molar-refractivity contribution in [2.24, 2.45) is 47.3 Å². The first-order valence-electron chi connectivity index (χ1n) is 19.5. The fourth-order valence-corrected chi connectivity index (χ4v) is 9.73. The van der Waals surface area contributed by atoms with Crippen LogP contribution < -0.4 is 21.3 Å². The summed E-state index contributed by atoms with van der Waals surface area (Å²) >= 11 is 0. The molecule has 13 nitrogen and oxygen atoms in total. The number of carboxylic acid groups (broad SMARTS) is 2. The third-order valence-electron chi connectivity index (χ3n) is 13.2. The highest BCUT2D eigenvalue weighted by molar-refractivity contribution is 5.99. The standard InChI is InChI=1S/C38H60N4O9/c1-19-5-11-24(39-4)17-28(19)41-34(44)22-7-13-26(14-8-22)51-27-15-9-23(10-16-27)35(45)42-29-18-25(12-6-20(29)2)40-36(46)31-30(21(3)43)32(37(47)48)33(31)38(49)50/h19-20,22-33,39H,5-18H2,1-4H3,(H,40,46)(H,41,44)(H,42,45)(H,47,48)(H,49,50). The highest BCUT2D eigenvalue weighted by atomic mass is 16.5. The van der Waals surface area contributed by atoms with Gasteiger partial charge in [-0.3, -0.25) is 28.8 Å². The zero-order valence-corrected chi connectivity index (χ0v) is 30.7. The van der Waals surface area contributed by atoms with Gasteiger partial charge in [0.2, 0.25) is 17.7 Å². The first kappa shape index (κ1) is 39.2. The number of hydrogen-bond acceptors (Lipinski definition) is 8. The maximum atomic E-state index is 13.4. The molecule has 0 saturated heterocycles. The average Bonchev–Trinajstić information content (AvgIpc) is 3.06. The molecule has 0 aromatic heterocycles. The molecule has 6 N–H and O–H groups in total. The smallest absolute Gasteiger partial charge is 0.308 e. The Morgan fingerprint density at radius 1 is 0.529 bits per heavy atom. The van der Waals surface area contributed by atoms with E-state index in [1.165, 1.54) is 6.92 Å². The molecule has 0 bridgehead atoms. The van der Waals surface area contributed by atoms with Crippen molar-refractivity contribution in [3.8, 4) is 0 Å². The van der Waals surface area contributed by atoms with Crippen molar-refractivity contribution in [3.63, 3.8) is 0 Å². The monoisotopic (exact) mass is 716 g/mol. The number of aliphatic carboxylic acids is 2. The van der Waals surface area contributed by atoms with E-state index >= 15 is 0 Å². The fourth-order valence-electron chi connectivity index (χ4n) is 9.73. The molecular weight excluding hydrogens is 656 g/mol. The van der Waals surface area contributed by atoms with Gasteiger partial charge in [0.15, 0.2) is 0 Å². The van der Waals surface area contributed by atoms with Gasteiger partial charge in [-0.25, -0.2) is 0 Å². The molecule has 286 valence electrons. The summed E-state index contributed by atoms with van der Waals surface area (Å²) in [4.78, 5) is 75.5. The van der Waals surface area contributed by atoms with E-state index in [0.717, 1.165) is 77.0 Å². The molecule has 0 aliphatic heterocycles. The van der Waals surface area contributed by atoms with Crippen LogP contribution in [-0.2, 0) is 33.5 Å². The number of ether oxygens (including phenoxy) is 1. The number of carbonyl (C=O) groups is 6. The van der Waals surface area contributed by atoms with Crippen molar-refractivity contribution in [2.45, 2.75) is 147 Å². The molecule has 0 spiro atoms. The van der Waals surface area contributed by atoms with Crippen LogP contribution in [0.4, 0.5) is 0 Å². The molecule has 10 atom stereocenters. The largest absolute Gasteiger partial charge is 0.481 e. The fraction of sp³-hybridized carbons (Fsp3) is 0.842. The first-order valence-corrected chi connectivity index (χ1v) is 19.5. The summed E-state index contributed by atoms with van der Waals surface area (Å²) < 4.78 is 6.50. The lowest BCUT2D eigenvalue weighted by Gasteiger charge is -2.46. The number of carbonyl (C=O) groups excluding carboxylic acids is 4. The van der Waals surface area contributed by atoms with Crippen molar-refractivity contribution in [2.75, 3.05) is 7.05 Å². The van der Waals surface area contributed by atoms with Gasteiger partial charge in [0.1, 0.15) is 5.78 Å². The highest BCUT2D eigenvalue weighted by Crippen LogP contribution is 2.47. The van der Waals surface area contributed by atoms with Crippen LogP contribution in [0.2, 0.25) is 0 Å². The quantitative estimate of drug-likeness (QED) is 0.174. The van der Waals surface area contributed by atoms with E-state index in [4.69, 9.17) is 4.74 Å². The van der Waals surface area contributed by atoms with E-state index in [2.05, 4.69) is 35.1 Å². The second-order valence-electron chi connectivity index (χ2n) is 16.5. The molecule has 10 unspecified atom stereocenters. The Hall–Kier alpha value is -3.06. The number of carboxylic acids is 2. The van der Waals surface area contributed by atoms with E-state index in [9.17, 15) is 39.0 Å². The summed E-state index contributed by atoms with van der Waals surface area (Å²) in [6.07, 6.45) is 11.9. The zero-order valence-electron chi connectivity index (χ0n) is 30.7. The van der Waals surface area contributed by atoms with Crippen LogP contribution in [0, 0.1) is 47.3 Å². The molecule has 51 heavy (non-hydrogen) atoms. The van der Waals surface area contributed by atoms with Crippen molar-refractivity contribution in [3.05, 3.63) is 0 Å². The Kier molecular flexibility index (Phi) is 13.2. The van der Waals surface area contributed by atoms with Crippen LogP contribution in [0.3, 0.4) is 0 Å². The zero-order chi connectivity index (χ0) is 37.0. The topological polar surface area (TPSA) is 200 Å². The predicted octanol–water partition coefficient (Wildman–Crippen LogP) is 3.04. The minimum absolute atomic E-state index is 0.00278. The lowest BCUT2D eigenvalue weighted by Crippen LogP contribution is -2.62. The van der Waals surface area contributed by atoms with Crippen LogP contribution in [0.15, 0.2) is 0 Å². The molecule has 3 amide bonds. The van der Waals surface area contributed by atoms with Gasteiger partial charge in [-0.05, 0) is 116 Å². The summed E-state index contributed by atoms with van der Waals surface area (Å²) in [6.45, 7) is 5.49. The minimum atomic E-state index is -1.46. The van der Waals surface area contributed by atoms with Gasteiger partial charge in [0.05, 0.1) is 30.0 Å². The van der Waals surface area contributed by atoms with Crippen LogP contribution in [0.5, 0.6) is 0 Å². The molecule has 5 aliphatic rings. The summed E-state index contributed by atoms with van der Waals surface area (Å²) in [6, 6.07) is 0.207. The van der Waals surface area contributed by atoms with Gasteiger partial charge >= 0.3 is 11.9 Å². The number of nitrogens with one attached hydrogen (secondary N) is 4. The number of ketones is 1. The van der Waals surface area contributed by atoms with E-state index in [1.807, 2.05) is 7.05 Å². The van der Waals surface area contributed by atoms with Gasteiger partial charge in [0.25, 0.3) is 0 Å². The maximum absolute atomic E-state index is 13.4. The molecular formula is C38H60N4O9. The number of Topliss-reactive ketones (excluding diaryl/α,β-unsaturated/α-hetero) is 1. The highest BCUT2D eigenvalue weighted by Gasteiger charge is 2.62. The number of amides is 3. The maximum Gasteiger partial charge on any atom is 0.308 e. The van der Waals surface area contributed by atoms with Crippen molar-refractivity contribution < 1.29 is 43.7 Å². The van der Waals surface area contributed by atoms with Gasteiger partial charge < -0.3 is 36.2 Å². The van der Waals surface area contributed by atoms with Crippen molar-refractivity contribution in [1.29, 1.82) is 0 Å². The Balaban J connectivity index is 1.03. The van der Waals surface area contributed by atoms with Crippen molar-refractivity contribution in [1.82, 2.24) is 21.3 Å². The summed E-state index contributed by atoms with van der Waals surface area (Å²) in [5.41, 5.74) is 0. The summed E-state index contributed by atoms with van der Waals surface area (Å²) in [5.74, 6) is -8.41. The van der Waals surface area contributed by atoms with Crippen molar-refractivity contribution >= 4 is 35.4 Å². The third kappa shape index (κ3) is 9.30. The Morgan fingerprint density at radius 2 is 0.961 bits per heavy atom. The second-order valence-corrected chi connectivity index (χ2v) is 16.5. The minimum Gasteiger partial charge on any atom is -0.481 e. The number of hydrogen-bond donors (Lipinski definition) is 6.